The molecule has 2 N–H and O–H groups in total. The van der Waals surface area contributed by atoms with Gasteiger partial charge in [0.05, 0.1) is 11.4 Å². The van der Waals surface area contributed by atoms with Gasteiger partial charge in [-0.05, 0) is 26.0 Å². The zero-order valence-corrected chi connectivity index (χ0v) is 8.45. The van der Waals surface area contributed by atoms with Crippen LogP contribution in [-0.4, -0.2) is 11.5 Å². The van der Waals surface area contributed by atoms with Crippen molar-refractivity contribution in [3.8, 4) is 0 Å². The second-order valence-electron chi connectivity index (χ2n) is 3.28. The van der Waals surface area contributed by atoms with Gasteiger partial charge in [-0.2, -0.15) is 0 Å². The Bertz CT molecular complexity index is 369. The molecule has 0 spiro atoms. The van der Waals surface area contributed by atoms with Gasteiger partial charge in [-0.15, -0.1) is 0 Å². The molecule has 1 aromatic carbocycles. The summed E-state index contributed by atoms with van der Waals surface area (Å²) in [4.78, 5) is 15.1. The number of ketones is 1. The smallest absolute Gasteiger partial charge is 0.135 e. The molecule has 0 aliphatic rings. The fourth-order valence-corrected chi connectivity index (χ4v) is 1.19. The van der Waals surface area contributed by atoms with E-state index in [2.05, 4.69) is 4.99 Å². The Morgan fingerprint density at radius 3 is 2.57 bits per heavy atom. The van der Waals surface area contributed by atoms with Crippen molar-refractivity contribution in [2.24, 2.45) is 4.99 Å². The van der Waals surface area contributed by atoms with Crippen molar-refractivity contribution in [1.82, 2.24) is 0 Å². The monoisotopic (exact) mass is 190 g/mol. The van der Waals surface area contributed by atoms with E-state index in [4.69, 9.17) is 5.73 Å². The van der Waals surface area contributed by atoms with Crippen molar-refractivity contribution in [3.63, 3.8) is 0 Å². The second kappa shape index (κ2) is 4.56. The summed E-state index contributed by atoms with van der Waals surface area (Å²) in [5, 5.41) is 0. The molecule has 0 heterocycles. The van der Waals surface area contributed by atoms with Crippen LogP contribution in [0.3, 0.4) is 0 Å². The molecule has 0 radical (unpaired) electrons. The maximum Gasteiger partial charge on any atom is 0.135 e. The van der Waals surface area contributed by atoms with Crippen LogP contribution in [0.1, 0.15) is 20.3 Å². The normalized spacial score (nSPS) is 11.4. The Labute approximate surface area is 83.7 Å². The highest BCUT2D eigenvalue weighted by atomic mass is 16.1. The van der Waals surface area contributed by atoms with Crippen LogP contribution in [0.15, 0.2) is 29.3 Å². The number of carbonyl (C=O) groups is 1. The summed E-state index contributed by atoms with van der Waals surface area (Å²) >= 11 is 0. The van der Waals surface area contributed by atoms with Crippen molar-refractivity contribution in [2.75, 3.05) is 5.73 Å². The molecule has 3 nitrogen and oxygen atoms in total. The minimum absolute atomic E-state index is 0.112. The number of benzene rings is 1. The van der Waals surface area contributed by atoms with Crippen LogP contribution in [0.2, 0.25) is 0 Å². The van der Waals surface area contributed by atoms with Crippen LogP contribution in [0.5, 0.6) is 0 Å². The number of nitrogens with two attached hydrogens (primary N) is 1. The zero-order valence-electron chi connectivity index (χ0n) is 8.45. The van der Waals surface area contributed by atoms with Gasteiger partial charge in [0.25, 0.3) is 0 Å². The predicted molar refractivity (Wildman–Crippen MR) is 58.9 cm³/mol. The zero-order chi connectivity index (χ0) is 10.6. The van der Waals surface area contributed by atoms with E-state index >= 15 is 0 Å². The molecular formula is C11H14N2O. The van der Waals surface area contributed by atoms with E-state index in [0.29, 0.717) is 12.1 Å². The number of rotatable bonds is 3. The van der Waals surface area contributed by atoms with Crippen LogP contribution < -0.4 is 5.73 Å². The highest BCUT2D eigenvalue weighted by Crippen LogP contribution is 2.20. The van der Waals surface area contributed by atoms with Crippen LogP contribution in [0, 0.1) is 0 Å². The maximum atomic E-state index is 10.8. The number of aliphatic imine (C=N–C) groups is 1. The Morgan fingerprint density at radius 2 is 2.00 bits per heavy atom. The lowest BCUT2D eigenvalue weighted by Crippen LogP contribution is -1.99. The molecule has 0 atom stereocenters. The molecule has 3 heteroatoms. The van der Waals surface area contributed by atoms with Crippen LogP contribution in [0.4, 0.5) is 11.4 Å². The van der Waals surface area contributed by atoms with Gasteiger partial charge in [0.15, 0.2) is 0 Å². The molecule has 0 aliphatic carbocycles. The van der Waals surface area contributed by atoms with Gasteiger partial charge >= 0.3 is 0 Å². The molecule has 0 fully saturated rings. The van der Waals surface area contributed by atoms with Gasteiger partial charge in [-0.1, -0.05) is 12.1 Å². The lowest BCUT2D eigenvalue weighted by atomic mass is 10.2. The lowest BCUT2D eigenvalue weighted by Gasteiger charge is -2.00. The van der Waals surface area contributed by atoms with Crippen molar-refractivity contribution >= 4 is 22.9 Å². The van der Waals surface area contributed by atoms with Gasteiger partial charge in [-0.25, -0.2) is 0 Å². The standard InChI is InChI=1S/C11H14N2O/c1-8(7-9(2)14)13-11-6-4-3-5-10(11)12/h3-6H,7,12H2,1-2H3. The third kappa shape index (κ3) is 3.01. The molecule has 1 rings (SSSR count). The minimum atomic E-state index is 0.112. The summed E-state index contributed by atoms with van der Waals surface area (Å²) in [5.74, 6) is 0.112. The summed E-state index contributed by atoms with van der Waals surface area (Å²) in [7, 11) is 0. The number of nitrogen functional groups attached to an aromatic ring is 1. The summed E-state index contributed by atoms with van der Waals surface area (Å²) < 4.78 is 0. The second-order valence-corrected chi connectivity index (χ2v) is 3.28. The molecule has 0 aromatic heterocycles. The summed E-state index contributed by atoms with van der Waals surface area (Å²) in [5.41, 5.74) is 7.86. The number of hydrogen-bond acceptors (Lipinski definition) is 3. The van der Waals surface area contributed by atoms with Gasteiger partial charge in [-0.3, -0.25) is 9.79 Å². The van der Waals surface area contributed by atoms with Gasteiger partial charge in [0.2, 0.25) is 0 Å². The lowest BCUT2D eigenvalue weighted by molar-refractivity contribution is -0.115. The van der Waals surface area contributed by atoms with Crippen molar-refractivity contribution in [1.29, 1.82) is 0 Å². The Kier molecular flexibility index (Phi) is 3.40. The Morgan fingerprint density at radius 1 is 1.36 bits per heavy atom. The molecule has 0 saturated heterocycles. The maximum absolute atomic E-state index is 10.8. The van der Waals surface area contributed by atoms with Crippen LogP contribution >= 0.6 is 0 Å². The van der Waals surface area contributed by atoms with E-state index in [-0.39, 0.29) is 5.78 Å². The molecular weight excluding hydrogens is 176 g/mol. The Balaban J connectivity index is 2.86. The number of carbonyl (C=O) groups excluding carboxylic acids is 1. The van der Waals surface area contributed by atoms with E-state index in [1.54, 1.807) is 13.0 Å². The SMILES string of the molecule is CC(=O)CC(C)=Nc1ccccc1N. The average Bonchev–Trinajstić information content (AvgIpc) is 2.07. The van der Waals surface area contributed by atoms with E-state index in [1.165, 1.54) is 0 Å². The van der Waals surface area contributed by atoms with Crippen LogP contribution in [0.25, 0.3) is 0 Å². The van der Waals surface area contributed by atoms with Crippen molar-refractivity contribution in [3.05, 3.63) is 24.3 Å². The number of Topliss-reactive ketones (excluding diaryl/α,β-unsaturated/α-hetero) is 1. The number of anilines is 1. The average molecular weight is 190 g/mol. The van der Waals surface area contributed by atoms with E-state index in [1.807, 2.05) is 25.1 Å². The highest BCUT2D eigenvalue weighted by Gasteiger charge is 1.99. The predicted octanol–water partition coefficient (Wildman–Crippen LogP) is 2.34. The third-order valence-electron chi connectivity index (χ3n) is 1.75. The molecule has 0 unspecified atom stereocenters. The first-order chi connectivity index (χ1) is 6.59. The van der Waals surface area contributed by atoms with Crippen molar-refractivity contribution in [2.45, 2.75) is 20.3 Å². The Hall–Kier alpha value is -1.64. The molecule has 0 bridgehead atoms. The summed E-state index contributed by atoms with van der Waals surface area (Å²) in [6.07, 6.45) is 0.383. The topological polar surface area (TPSA) is 55.5 Å². The minimum Gasteiger partial charge on any atom is -0.397 e. The van der Waals surface area contributed by atoms with Gasteiger partial charge < -0.3 is 5.73 Å². The first-order valence-electron chi connectivity index (χ1n) is 4.47. The number of hydrogen-bond donors (Lipinski definition) is 1. The van der Waals surface area contributed by atoms with E-state index < -0.39 is 0 Å². The van der Waals surface area contributed by atoms with Gasteiger partial charge in [0, 0.05) is 12.1 Å². The van der Waals surface area contributed by atoms with E-state index in [9.17, 15) is 4.79 Å². The molecule has 0 aliphatic heterocycles. The molecule has 14 heavy (non-hydrogen) atoms. The molecule has 0 amide bonds. The fourth-order valence-electron chi connectivity index (χ4n) is 1.19. The molecule has 74 valence electrons. The first-order valence-corrected chi connectivity index (χ1v) is 4.47. The van der Waals surface area contributed by atoms with Crippen LogP contribution in [-0.2, 0) is 4.79 Å². The number of para-hydroxylation sites is 2. The quantitative estimate of drug-likeness (QED) is 0.587. The van der Waals surface area contributed by atoms with Gasteiger partial charge in [0.1, 0.15) is 5.78 Å². The molecule has 1 aromatic rings. The first kappa shape index (κ1) is 10.4. The summed E-state index contributed by atoms with van der Waals surface area (Å²) in [6.45, 7) is 3.38. The third-order valence-corrected chi connectivity index (χ3v) is 1.75. The largest absolute Gasteiger partial charge is 0.397 e. The van der Waals surface area contributed by atoms with Crippen molar-refractivity contribution < 1.29 is 4.79 Å². The van der Waals surface area contributed by atoms with E-state index in [0.717, 1.165) is 11.4 Å². The highest BCUT2D eigenvalue weighted by molar-refractivity contribution is 6.01. The number of nitrogens with zero attached hydrogens (tertiary/aromatic N) is 1. The molecule has 0 saturated carbocycles. The fraction of sp³-hybridized carbons (Fsp3) is 0.273. The summed E-state index contributed by atoms with van der Waals surface area (Å²) in [6, 6.07) is 7.35.